The Morgan fingerprint density at radius 3 is 2.71 bits per heavy atom. The number of rotatable bonds is 7. The summed E-state index contributed by atoms with van der Waals surface area (Å²) in [6.45, 7) is 5.30. The van der Waals surface area contributed by atoms with E-state index in [-0.39, 0.29) is 30.4 Å². The van der Waals surface area contributed by atoms with Gasteiger partial charge < -0.3 is 23.5 Å². The maximum absolute atomic E-state index is 13.9. The minimum absolute atomic E-state index is 0.0710. The molecule has 7 nitrogen and oxygen atoms in total. The molecule has 0 fully saturated rings. The molecular formula is C30H26BrNO6. The van der Waals surface area contributed by atoms with Crippen LogP contribution in [-0.2, 0) is 6.54 Å². The quantitative estimate of drug-likeness (QED) is 0.252. The molecule has 0 saturated heterocycles. The largest absolute Gasteiger partial charge is 0.494 e. The van der Waals surface area contributed by atoms with E-state index in [0.29, 0.717) is 46.3 Å². The topological polar surface area (TPSA) is 78.2 Å². The van der Waals surface area contributed by atoms with Crippen LogP contribution >= 0.6 is 15.9 Å². The number of fused-ring (bicyclic) bond motifs is 3. The van der Waals surface area contributed by atoms with Crippen molar-refractivity contribution in [3.8, 4) is 17.2 Å². The van der Waals surface area contributed by atoms with Crippen LogP contribution in [0.2, 0.25) is 0 Å². The Morgan fingerprint density at radius 1 is 1.03 bits per heavy atom. The second-order valence-corrected chi connectivity index (χ2v) is 10.9. The third-order valence-electron chi connectivity index (χ3n) is 6.86. The van der Waals surface area contributed by atoms with Crippen molar-refractivity contribution >= 4 is 32.8 Å². The van der Waals surface area contributed by atoms with Crippen LogP contribution in [0.15, 0.2) is 74.3 Å². The Labute approximate surface area is 228 Å². The number of carbonyl (C=O) groups excluding carboxylic acids is 1. The summed E-state index contributed by atoms with van der Waals surface area (Å²) in [6.07, 6.45) is 0.926. The van der Waals surface area contributed by atoms with E-state index in [1.807, 2.05) is 42.5 Å². The summed E-state index contributed by atoms with van der Waals surface area (Å²) in [7, 11) is 0. The first-order chi connectivity index (χ1) is 18.4. The van der Waals surface area contributed by atoms with E-state index < -0.39 is 6.04 Å². The molecule has 0 spiro atoms. The van der Waals surface area contributed by atoms with Crippen LogP contribution in [-0.4, -0.2) is 24.2 Å². The van der Waals surface area contributed by atoms with Crippen LogP contribution in [0.5, 0.6) is 17.2 Å². The molecular weight excluding hydrogens is 550 g/mol. The lowest BCUT2D eigenvalue weighted by Gasteiger charge is -2.25. The van der Waals surface area contributed by atoms with Gasteiger partial charge in [-0.2, -0.15) is 0 Å². The van der Waals surface area contributed by atoms with Crippen molar-refractivity contribution in [3.05, 3.63) is 97.8 Å². The van der Waals surface area contributed by atoms with Gasteiger partial charge in [-0.05, 0) is 65.9 Å². The summed E-state index contributed by atoms with van der Waals surface area (Å²) < 4.78 is 23.8. The molecule has 6 rings (SSSR count). The summed E-state index contributed by atoms with van der Waals surface area (Å²) in [5, 5.41) is 0.421. The van der Waals surface area contributed by atoms with E-state index in [4.69, 9.17) is 18.6 Å². The van der Waals surface area contributed by atoms with E-state index in [1.54, 1.807) is 23.1 Å². The Balaban J connectivity index is 1.45. The highest BCUT2D eigenvalue weighted by molar-refractivity contribution is 9.10. The van der Waals surface area contributed by atoms with E-state index >= 15 is 0 Å². The first kappa shape index (κ1) is 24.6. The molecule has 0 aliphatic carbocycles. The number of hydrogen-bond acceptors (Lipinski definition) is 6. The molecule has 194 valence electrons. The Morgan fingerprint density at radius 2 is 1.87 bits per heavy atom. The van der Waals surface area contributed by atoms with E-state index in [9.17, 15) is 9.59 Å². The molecule has 3 aromatic carbocycles. The number of nitrogens with zero attached hydrogens (tertiary/aromatic N) is 1. The maximum Gasteiger partial charge on any atom is 0.291 e. The molecule has 4 aromatic rings. The number of hydrogen-bond donors (Lipinski definition) is 0. The van der Waals surface area contributed by atoms with Crippen molar-refractivity contribution in [2.45, 2.75) is 32.9 Å². The minimum atomic E-state index is -0.642. The van der Waals surface area contributed by atoms with Crippen molar-refractivity contribution < 1.29 is 23.4 Å². The second kappa shape index (κ2) is 9.83. The summed E-state index contributed by atoms with van der Waals surface area (Å²) in [5.41, 5.74) is 2.12. The lowest BCUT2D eigenvalue weighted by atomic mass is 9.98. The second-order valence-electron chi connectivity index (χ2n) is 9.94. The Kier molecular flexibility index (Phi) is 6.35. The van der Waals surface area contributed by atoms with Crippen LogP contribution in [0, 0.1) is 5.92 Å². The van der Waals surface area contributed by atoms with Gasteiger partial charge in [0.05, 0.1) is 23.6 Å². The van der Waals surface area contributed by atoms with E-state index in [1.165, 1.54) is 0 Å². The highest BCUT2D eigenvalue weighted by Gasteiger charge is 2.43. The summed E-state index contributed by atoms with van der Waals surface area (Å²) in [5.74, 6) is 2.25. The SMILES string of the molecule is CC(C)CCOc1cccc(C2c3c(oc4ccc(Br)cc4c3=O)C(=O)N2Cc2ccc3c(c2)OCO3)c1. The van der Waals surface area contributed by atoms with Crippen molar-refractivity contribution in [2.24, 2.45) is 5.92 Å². The van der Waals surface area contributed by atoms with E-state index in [0.717, 1.165) is 22.0 Å². The van der Waals surface area contributed by atoms with Gasteiger partial charge in [-0.25, -0.2) is 0 Å². The highest BCUT2D eigenvalue weighted by Crippen LogP contribution is 2.41. The van der Waals surface area contributed by atoms with Crippen LogP contribution in [0.25, 0.3) is 11.0 Å². The molecule has 2 aliphatic rings. The summed E-state index contributed by atoms with van der Waals surface area (Å²) in [4.78, 5) is 29.3. The maximum atomic E-state index is 13.9. The molecule has 3 heterocycles. The normalized spacial score (nSPS) is 15.9. The van der Waals surface area contributed by atoms with Crippen molar-refractivity contribution in [3.63, 3.8) is 0 Å². The van der Waals surface area contributed by atoms with Gasteiger partial charge in [0.1, 0.15) is 11.3 Å². The fourth-order valence-electron chi connectivity index (χ4n) is 4.93. The average Bonchev–Trinajstić information content (AvgIpc) is 3.47. The van der Waals surface area contributed by atoms with Crippen LogP contribution in [0.1, 0.15) is 53.6 Å². The van der Waals surface area contributed by atoms with Gasteiger partial charge in [-0.15, -0.1) is 0 Å². The summed E-state index contributed by atoms with van der Waals surface area (Å²) >= 11 is 3.45. The molecule has 1 aromatic heterocycles. The van der Waals surface area contributed by atoms with Gasteiger partial charge in [-0.3, -0.25) is 9.59 Å². The van der Waals surface area contributed by atoms with Gasteiger partial charge in [0.25, 0.3) is 5.91 Å². The molecule has 1 amide bonds. The number of ether oxygens (including phenoxy) is 3. The van der Waals surface area contributed by atoms with Crippen molar-refractivity contribution in [1.29, 1.82) is 0 Å². The zero-order valence-corrected chi connectivity index (χ0v) is 22.6. The van der Waals surface area contributed by atoms with Gasteiger partial charge in [0.2, 0.25) is 12.6 Å². The fraction of sp³-hybridized carbons (Fsp3) is 0.267. The lowest BCUT2D eigenvalue weighted by Crippen LogP contribution is -2.29. The van der Waals surface area contributed by atoms with Gasteiger partial charge in [-0.1, -0.05) is 48.0 Å². The van der Waals surface area contributed by atoms with E-state index in [2.05, 4.69) is 29.8 Å². The summed E-state index contributed by atoms with van der Waals surface area (Å²) in [6, 6.07) is 17.8. The fourth-order valence-corrected chi connectivity index (χ4v) is 5.29. The van der Waals surface area contributed by atoms with Crippen molar-refractivity contribution in [1.82, 2.24) is 4.90 Å². The molecule has 0 N–H and O–H groups in total. The average molecular weight is 576 g/mol. The lowest BCUT2D eigenvalue weighted by molar-refractivity contribution is 0.0714. The van der Waals surface area contributed by atoms with Gasteiger partial charge in [0.15, 0.2) is 16.9 Å². The standard InChI is InChI=1S/C30H26BrNO6/c1-17(2)10-11-35-21-5-3-4-19(13-21)27-26-28(33)22-14-20(31)7-9-23(22)38-29(26)30(34)32(27)15-18-6-8-24-25(12-18)37-16-36-24/h3-9,12-14,17,27H,10-11,15-16H2,1-2H3. The number of halogens is 1. The minimum Gasteiger partial charge on any atom is -0.494 e. The number of carbonyl (C=O) groups is 1. The molecule has 38 heavy (non-hydrogen) atoms. The molecule has 8 heteroatoms. The number of amides is 1. The van der Waals surface area contributed by atoms with Crippen molar-refractivity contribution in [2.75, 3.05) is 13.4 Å². The third-order valence-corrected chi connectivity index (χ3v) is 7.35. The van der Waals surface area contributed by atoms with Gasteiger partial charge in [0, 0.05) is 11.0 Å². The Hall–Kier alpha value is -3.78. The smallest absolute Gasteiger partial charge is 0.291 e. The molecule has 0 bridgehead atoms. The number of benzene rings is 3. The van der Waals surface area contributed by atoms with Gasteiger partial charge >= 0.3 is 0 Å². The highest BCUT2D eigenvalue weighted by atomic mass is 79.9. The van der Waals surface area contributed by atoms with Crippen LogP contribution in [0.3, 0.4) is 0 Å². The Bertz CT molecular complexity index is 1610. The molecule has 1 atom stereocenters. The third kappa shape index (κ3) is 4.43. The first-order valence-electron chi connectivity index (χ1n) is 12.6. The zero-order valence-electron chi connectivity index (χ0n) is 21.0. The molecule has 0 radical (unpaired) electrons. The zero-order chi connectivity index (χ0) is 26.4. The predicted molar refractivity (Wildman–Crippen MR) is 146 cm³/mol. The monoisotopic (exact) mass is 575 g/mol. The predicted octanol–water partition coefficient (Wildman–Crippen LogP) is 6.45. The van der Waals surface area contributed by atoms with Crippen LogP contribution < -0.4 is 19.6 Å². The first-order valence-corrected chi connectivity index (χ1v) is 13.4. The van der Waals surface area contributed by atoms with Crippen LogP contribution in [0.4, 0.5) is 0 Å². The molecule has 0 saturated carbocycles. The molecule has 2 aliphatic heterocycles. The molecule has 1 unspecified atom stereocenters.